The highest BCUT2D eigenvalue weighted by Crippen LogP contribution is 2.33. The Morgan fingerprint density at radius 1 is 1.39 bits per heavy atom. The van der Waals surface area contributed by atoms with E-state index in [2.05, 4.69) is 20.4 Å². The summed E-state index contributed by atoms with van der Waals surface area (Å²) in [4.78, 5) is 15.7. The Morgan fingerprint density at radius 3 is 2.87 bits per heavy atom. The molecule has 6 nitrogen and oxygen atoms in total. The zero-order valence-corrected chi connectivity index (χ0v) is 14.5. The Hall–Kier alpha value is -1.38. The van der Waals surface area contributed by atoms with Crippen LogP contribution < -0.4 is 5.32 Å². The lowest BCUT2D eigenvalue weighted by Gasteiger charge is -2.44. The van der Waals surface area contributed by atoms with Crippen LogP contribution in [0.5, 0.6) is 0 Å². The molecule has 1 amide bonds. The summed E-state index contributed by atoms with van der Waals surface area (Å²) in [7, 11) is 0. The molecular weight excluding hydrogens is 332 g/mol. The van der Waals surface area contributed by atoms with Crippen molar-refractivity contribution < 1.29 is 9.21 Å². The minimum atomic E-state index is 0.0299. The highest BCUT2D eigenvalue weighted by molar-refractivity contribution is 8.01. The van der Waals surface area contributed by atoms with E-state index in [1.54, 1.807) is 6.92 Å². The summed E-state index contributed by atoms with van der Waals surface area (Å²) in [6.45, 7) is 5.11. The third-order valence-corrected chi connectivity index (χ3v) is 6.53. The molecule has 3 saturated heterocycles. The number of carbonyl (C=O) groups is 1. The molecule has 3 aliphatic heterocycles. The zero-order valence-electron chi connectivity index (χ0n) is 12.8. The highest BCUT2D eigenvalue weighted by Gasteiger charge is 2.35. The Bertz CT molecular complexity index is 706. The topological polar surface area (TPSA) is 71.3 Å². The number of piperidine rings is 3. The van der Waals surface area contributed by atoms with E-state index in [1.807, 2.05) is 12.1 Å². The Balaban J connectivity index is 1.39. The van der Waals surface area contributed by atoms with E-state index in [0.717, 1.165) is 15.6 Å². The van der Waals surface area contributed by atoms with Gasteiger partial charge in [0.15, 0.2) is 0 Å². The number of fused-ring (bicyclic) bond motifs is 3. The third kappa shape index (κ3) is 3.29. The van der Waals surface area contributed by atoms with Crippen LogP contribution in [0.3, 0.4) is 0 Å². The van der Waals surface area contributed by atoms with Crippen molar-refractivity contribution in [1.82, 2.24) is 20.4 Å². The molecule has 5 rings (SSSR count). The first-order valence-corrected chi connectivity index (χ1v) is 9.42. The lowest BCUT2D eigenvalue weighted by molar-refractivity contribution is 0.0622. The predicted octanol–water partition coefficient (Wildman–Crippen LogP) is 2.41. The first kappa shape index (κ1) is 15.2. The molecule has 0 spiro atoms. The minimum Gasteiger partial charge on any atom is -0.416 e. The summed E-state index contributed by atoms with van der Waals surface area (Å²) in [6.07, 6.45) is 2.40. The Kier molecular flexibility index (Phi) is 4.13. The van der Waals surface area contributed by atoms with Gasteiger partial charge in [-0.25, -0.2) is 0 Å². The summed E-state index contributed by atoms with van der Waals surface area (Å²) >= 11 is 2.86. The van der Waals surface area contributed by atoms with Gasteiger partial charge in [0.1, 0.15) is 0 Å². The molecule has 1 N–H and O–H groups in total. The summed E-state index contributed by atoms with van der Waals surface area (Å²) in [5, 5.41) is 11.5. The lowest BCUT2D eigenvalue weighted by Crippen LogP contribution is -2.57. The molecule has 3 aliphatic rings. The molecule has 2 bridgehead atoms. The smallest absolute Gasteiger partial charge is 0.282 e. The molecule has 0 aliphatic carbocycles. The molecule has 0 radical (unpaired) electrons. The van der Waals surface area contributed by atoms with Crippen LogP contribution in [-0.4, -0.2) is 46.7 Å². The number of aromatic nitrogens is 2. The molecule has 3 fully saturated rings. The molecule has 0 aromatic carbocycles. The largest absolute Gasteiger partial charge is 0.416 e. The number of hydrogen-bond donors (Lipinski definition) is 1. The Labute approximate surface area is 142 Å². The maximum atomic E-state index is 12.5. The molecule has 1 unspecified atom stereocenters. The number of nitrogens with one attached hydrogen (secondary N) is 1. The SMILES string of the molecule is Cc1nnc(Sc2ccc(C(=O)NC3CN4CCC3CC4)s2)o1. The van der Waals surface area contributed by atoms with Crippen LogP contribution in [0.2, 0.25) is 0 Å². The minimum absolute atomic E-state index is 0.0299. The van der Waals surface area contributed by atoms with Gasteiger partial charge in [0.25, 0.3) is 11.1 Å². The van der Waals surface area contributed by atoms with Crippen LogP contribution in [0.15, 0.2) is 26.0 Å². The second-order valence-electron chi connectivity index (χ2n) is 6.03. The standard InChI is InChI=1S/C15H18N4O2S2/c1-9-17-18-15(21-9)23-13-3-2-12(22-13)14(20)16-11-8-19-6-4-10(11)5-7-19/h2-3,10-11H,4-8H2,1H3,(H,16,20). The van der Waals surface area contributed by atoms with Gasteiger partial charge in [-0.05, 0) is 55.7 Å². The second kappa shape index (κ2) is 6.26. The summed E-state index contributed by atoms with van der Waals surface area (Å²) < 4.78 is 6.33. The first-order chi connectivity index (χ1) is 11.2. The van der Waals surface area contributed by atoms with Crippen molar-refractivity contribution in [1.29, 1.82) is 0 Å². The number of rotatable bonds is 4. The van der Waals surface area contributed by atoms with Crippen LogP contribution in [0.4, 0.5) is 0 Å². The highest BCUT2D eigenvalue weighted by atomic mass is 32.2. The van der Waals surface area contributed by atoms with Gasteiger partial charge in [-0.1, -0.05) is 0 Å². The van der Waals surface area contributed by atoms with Gasteiger partial charge in [-0.2, -0.15) is 0 Å². The van der Waals surface area contributed by atoms with Crippen molar-refractivity contribution in [2.75, 3.05) is 19.6 Å². The van der Waals surface area contributed by atoms with Crippen molar-refractivity contribution >= 4 is 29.0 Å². The molecule has 1 atom stereocenters. The third-order valence-electron chi connectivity index (χ3n) is 4.47. The number of thiophene rings is 1. The van der Waals surface area contributed by atoms with Crippen molar-refractivity contribution in [3.05, 3.63) is 22.9 Å². The van der Waals surface area contributed by atoms with Crippen LogP contribution in [0.1, 0.15) is 28.4 Å². The van der Waals surface area contributed by atoms with Gasteiger partial charge in [-0.3, -0.25) is 4.79 Å². The number of nitrogens with zero attached hydrogens (tertiary/aromatic N) is 3. The normalized spacial score (nSPS) is 26.4. The van der Waals surface area contributed by atoms with E-state index in [0.29, 0.717) is 23.1 Å². The maximum absolute atomic E-state index is 12.5. The number of amides is 1. The molecular formula is C15H18N4O2S2. The van der Waals surface area contributed by atoms with E-state index in [4.69, 9.17) is 4.42 Å². The molecule has 2 aromatic rings. The van der Waals surface area contributed by atoms with Crippen molar-refractivity contribution in [2.24, 2.45) is 5.92 Å². The van der Waals surface area contributed by atoms with E-state index < -0.39 is 0 Å². The number of aryl methyl sites for hydroxylation is 1. The summed E-state index contributed by atoms with van der Waals surface area (Å²) in [6, 6.07) is 4.09. The van der Waals surface area contributed by atoms with E-state index >= 15 is 0 Å². The first-order valence-electron chi connectivity index (χ1n) is 7.78. The van der Waals surface area contributed by atoms with Gasteiger partial charge in [0.05, 0.1) is 9.09 Å². The van der Waals surface area contributed by atoms with Crippen LogP contribution >= 0.6 is 23.1 Å². The van der Waals surface area contributed by atoms with Gasteiger partial charge in [0.2, 0.25) is 5.89 Å². The van der Waals surface area contributed by atoms with Gasteiger partial charge < -0.3 is 14.6 Å². The van der Waals surface area contributed by atoms with Crippen LogP contribution in [-0.2, 0) is 0 Å². The fraction of sp³-hybridized carbons (Fsp3) is 0.533. The molecule has 5 heterocycles. The van der Waals surface area contributed by atoms with Crippen LogP contribution in [0.25, 0.3) is 0 Å². The zero-order chi connectivity index (χ0) is 15.8. The molecule has 0 saturated carbocycles. The average molecular weight is 350 g/mol. The number of carbonyl (C=O) groups excluding carboxylic acids is 1. The fourth-order valence-electron chi connectivity index (χ4n) is 3.27. The van der Waals surface area contributed by atoms with E-state index in [-0.39, 0.29) is 5.91 Å². The predicted molar refractivity (Wildman–Crippen MR) is 87.9 cm³/mol. The van der Waals surface area contributed by atoms with Gasteiger partial charge >= 0.3 is 0 Å². The van der Waals surface area contributed by atoms with Crippen molar-refractivity contribution in [3.8, 4) is 0 Å². The van der Waals surface area contributed by atoms with Gasteiger partial charge in [-0.15, -0.1) is 21.5 Å². The maximum Gasteiger partial charge on any atom is 0.282 e. The fourth-order valence-corrected chi connectivity index (χ4v) is 5.11. The van der Waals surface area contributed by atoms with E-state index in [1.165, 1.54) is 49.0 Å². The summed E-state index contributed by atoms with van der Waals surface area (Å²) in [5.41, 5.74) is 0. The van der Waals surface area contributed by atoms with E-state index in [9.17, 15) is 4.79 Å². The monoisotopic (exact) mass is 350 g/mol. The lowest BCUT2D eigenvalue weighted by atomic mass is 9.84. The molecule has 23 heavy (non-hydrogen) atoms. The molecule has 8 heteroatoms. The molecule has 2 aromatic heterocycles. The summed E-state index contributed by atoms with van der Waals surface area (Å²) in [5.74, 6) is 1.21. The quantitative estimate of drug-likeness (QED) is 0.913. The van der Waals surface area contributed by atoms with Crippen molar-refractivity contribution in [2.45, 2.75) is 35.2 Å². The van der Waals surface area contributed by atoms with Crippen LogP contribution in [0, 0.1) is 12.8 Å². The second-order valence-corrected chi connectivity index (χ2v) is 8.36. The van der Waals surface area contributed by atoms with Gasteiger partial charge in [0, 0.05) is 19.5 Å². The number of hydrogen-bond acceptors (Lipinski definition) is 7. The average Bonchev–Trinajstić information content (AvgIpc) is 3.18. The Morgan fingerprint density at radius 2 is 2.22 bits per heavy atom. The van der Waals surface area contributed by atoms with Crippen molar-refractivity contribution in [3.63, 3.8) is 0 Å². The molecule has 122 valence electrons.